The number of aromatic carboxylic acids is 1. The number of nitrogens with one attached hydrogen (secondary N) is 1. The molecule has 0 amide bonds. The molecule has 2 N–H and O–H groups in total. The molecule has 4 nitrogen and oxygen atoms in total. The molecule has 0 saturated carbocycles. The van der Waals surface area contributed by atoms with Gasteiger partial charge in [0.15, 0.2) is 5.13 Å². The number of thiazole rings is 1. The van der Waals surface area contributed by atoms with E-state index in [9.17, 15) is 9.90 Å². The second-order valence-electron chi connectivity index (χ2n) is 6.14. The van der Waals surface area contributed by atoms with E-state index in [-0.39, 0.29) is 0 Å². The number of thiophene rings is 1. The van der Waals surface area contributed by atoms with Crippen molar-refractivity contribution in [3.8, 4) is 11.3 Å². The molecule has 0 aliphatic heterocycles. The van der Waals surface area contributed by atoms with Crippen LogP contribution >= 0.6 is 34.4 Å². The van der Waals surface area contributed by atoms with Crippen LogP contribution in [0.4, 0.5) is 10.8 Å². The number of carboxylic acids is 1. The standard InChI is InChI=1S/C19H20N2O2S3/c1-9-6-11(3)13(7-10(9)2)20-19-21-14(8-25-19)15-12(4)16(17(22)23)26-18(15)24-5/h6-8H,1-5H3,(H,20,21)(H,22,23). The van der Waals surface area contributed by atoms with E-state index in [0.29, 0.717) is 4.88 Å². The minimum absolute atomic E-state index is 0.386. The third-order valence-corrected chi connectivity index (χ3v) is 7.49. The Morgan fingerprint density at radius 2 is 1.85 bits per heavy atom. The summed E-state index contributed by atoms with van der Waals surface area (Å²) < 4.78 is 0.985. The predicted octanol–water partition coefficient (Wildman–Crippen LogP) is 6.27. The van der Waals surface area contributed by atoms with Crippen molar-refractivity contribution in [2.75, 3.05) is 11.6 Å². The van der Waals surface area contributed by atoms with E-state index < -0.39 is 5.97 Å². The minimum atomic E-state index is -0.881. The largest absolute Gasteiger partial charge is 0.477 e. The normalized spacial score (nSPS) is 11.0. The molecule has 0 radical (unpaired) electrons. The van der Waals surface area contributed by atoms with Crippen LogP contribution < -0.4 is 5.32 Å². The summed E-state index contributed by atoms with van der Waals surface area (Å²) in [6.07, 6.45) is 1.96. The van der Waals surface area contributed by atoms with Crippen LogP contribution in [0.1, 0.15) is 31.9 Å². The first-order valence-corrected chi connectivity index (χ1v) is 10.9. The zero-order chi connectivity index (χ0) is 19.0. The zero-order valence-electron chi connectivity index (χ0n) is 15.3. The van der Waals surface area contributed by atoms with Crippen molar-refractivity contribution in [2.24, 2.45) is 0 Å². The fourth-order valence-electron chi connectivity index (χ4n) is 2.79. The number of nitrogens with zero attached hydrogens (tertiary/aromatic N) is 1. The highest BCUT2D eigenvalue weighted by atomic mass is 32.2. The number of carbonyl (C=O) groups is 1. The van der Waals surface area contributed by atoms with Gasteiger partial charge in [-0.1, -0.05) is 6.07 Å². The number of hydrogen-bond acceptors (Lipinski definition) is 6. The van der Waals surface area contributed by atoms with Gasteiger partial charge in [-0.25, -0.2) is 9.78 Å². The van der Waals surface area contributed by atoms with Crippen molar-refractivity contribution in [3.05, 3.63) is 44.6 Å². The van der Waals surface area contributed by atoms with Crippen molar-refractivity contribution in [1.29, 1.82) is 0 Å². The van der Waals surface area contributed by atoms with Crippen LogP contribution in [0.25, 0.3) is 11.3 Å². The average Bonchev–Trinajstić information content (AvgIpc) is 3.16. The summed E-state index contributed by atoms with van der Waals surface area (Å²) in [5, 5.41) is 15.6. The maximum Gasteiger partial charge on any atom is 0.346 e. The fourth-order valence-corrected chi connectivity index (χ4v) is 5.43. The van der Waals surface area contributed by atoms with E-state index in [4.69, 9.17) is 4.98 Å². The molecule has 3 aromatic rings. The van der Waals surface area contributed by atoms with Gasteiger partial charge in [-0.05, 0) is 62.3 Å². The van der Waals surface area contributed by atoms with Gasteiger partial charge in [0.25, 0.3) is 0 Å². The van der Waals surface area contributed by atoms with Crippen LogP contribution in [-0.2, 0) is 0 Å². The van der Waals surface area contributed by atoms with Gasteiger partial charge in [-0.3, -0.25) is 0 Å². The molecule has 1 aromatic carbocycles. The lowest BCUT2D eigenvalue weighted by atomic mass is 10.1. The molecule has 7 heteroatoms. The number of rotatable bonds is 5. The molecule has 0 aliphatic carbocycles. The number of benzene rings is 1. The Hall–Kier alpha value is -1.83. The Balaban J connectivity index is 1.96. The number of thioether (sulfide) groups is 1. The van der Waals surface area contributed by atoms with Crippen molar-refractivity contribution >= 4 is 51.2 Å². The second kappa shape index (κ2) is 7.42. The molecule has 0 fully saturated rings. The summed E-state index contributed by atoms with van der Waals surface area (Å²) in [5.41, 5.74) is 7.27. The van der Waals surface area contributed by atoms with Crippen molar-refractivity contribution in [1.82, 2.24) is 4.98 Å². The molecule has 0 bridgehead atoms. The van der Waals surface area contributed by atoms with Gasteiger partial charge in [-0.15, -0.1) is 34.4 Å². The topological polar surface area (TPSA) is 62.2 Å². The van der Waals surface area contributed by atoms with Crippen LogP contribution in [0.2, 0.25) is 0 Å². The quantitative estimate of drug-likeness (QED) is 0.491. The first-order chi connectivity index (χ1) is 12.3. The SMILES string of the molecule is CSc1sc(C(=O)O)c(C)c1-c1csc(Nc2cc(C)c(C)cc2C)n1. The lowest BCUT2D eigenvalue weighted by Gasteiger charge is -2.10. The number of carboxylic acid groups (broad SMARTS) is 1. The summed E-state index contributed by atoms with van der Waals surface area (Å²) in [4.78, 5) is 16.6. The molecule has 0 saturated heterocycles. The molecule has 0 aliphatic rings. The molecule has 26 heavy (non-hydrogen) atoms. The molecular weight excluding hydrogens is 384 g/mol. The van der Waals surface area contributed by atoms with Crippen molar-refractivity contribution in [2.45, 2.75) is 31.9 Å². The Morgan fingerprint density at radius 3 is 2.50 bits per heavy atom. The number of aromatic nitrogens is 1. The van der Waals surface area contributed by atoms with Gasteiger partial charge >= 0.3 is 5.97 Å². The van der Waals surface area contributed by atoms with Gasteiger partial charge in [0.2, 0.25) is 0 Å². The molecule has 136 valence electrons. The minimum Gasteiger partial charge on any atom is -0.477 e. The van der Waals surface area contributed by atoms with Crippen LogP contribution in [0, 0.1) is 27.7 Å². The Labute approximate surface area is 165 Å². The second-order valence-corrected chi connectivity index (χ2v) is 9.10. The Morgan fingerprint density at radius 1 is 1.15 bits per heavy atom. The average molecular weight is 405 g/mol. The van der Waals surface area contributed by atoms with Crippen LogP contribution in [0.3, 0.4) is 0 Å². The van der Waals surface area contributed by atoms with Crippen molar-refractivity contribution in [3.63, 3.8) is 0 Å². The highest BCUT2D eigenvalue weighted by Gasteiger charge is 2.22. The summed E-state index contributed by atoms with van der Waals surface area (Å²) in [7, 11) is 0. The molecule has 0 spiro atoms. The molecule has 0 atom stereocenters. The number of aryl methyl sites for hydroxylation is 3. The van der Waals surface area contributed by atoms with Gasteiger partial charge in [0.1, 0.15) is 4.88 Å². The van der Waals surface area contributed by atoms with Gasteiger partial charge < -0.3 is 10.4 Å². The van der Waals surface area contributed by atoms with E-state index in [2.05, 4.69) is 38.2 Å². The summed E-state index contributed by atoms with van der Waals surface area (Å²) in [5.74, 6) is -0.881. The Bertz CT molecular complexity index is 989. The van der Waals surface area contributed by atoms with E-state index in [1.54, 1.807) is 11.8 Å². The third kappa shape index (κ3) is 3.51. The van der Waals surface area contributed by atoms with Crippen LogP contribution in [0.15, 0.2) is 21.7 Å². The van der Waals surface area contributed by atoms with Gasteiger partial charge in [0, 0.05) is 16.6 Å². The van der Waals surface area contributed by atoms with Crippen LogP contribution in [-0.4, -0.2) is 22.3 Å². The maximum atomic E-state index is 11.4. The summed E-state index contributed by atoms with van der Waals surface area (Å²) in [6, 6.07) is 4.30. The van der Waals surface area contributed by atoms with Gasteiger partial charge in [0.05, 0.1) is 9.90 Å². The fraction of sp³-hybridized carbons (Fsp3) is 0.263. The van der Waals surface area contributed by atoms with E-state index in [1.807, 2.05) is 18.6 Å². The van der Waals surface area contributed by atoms with E-state index in [1.165, 1.54) is 39.4 Å². The lowest BCUT2D eigenvalue weighted by Crippen LogP contribution is -1.96. The summed E-state index contributed by atoms with van der Waals surface area (Å²) >= 11 is 4.41. The third-order valence-electron chi connectivity index (χ3n) is 4.34. The smallest absolute Gasteiger partial charge is 0.346 e. The maximum absolute atomic E-state index is 11.4. The predicted molar refractivity (Wildman–Crippen MR) is 113 cm³/mol. The first-order valence-electron chi connectivity index (χ1n) is 8.03. The Kier molecular flexibility index (Phi) is 5.41. The highest BCUT2D eigenvalue weighted by Crippen LogP contribution is 2.42. The van der Waals surface area contributed by atoms with Crippen LogP contribution in [0.5, 0.6) is 0 Å². The lowest BCUT2D eigenvalue weighted by molar-refractivity contribution is 0.0701. The number of anilines is 2. The molecule has 2 heterocycles. The van der Waals surface area contributed by atoms with Crippen molar-refractivity contribution < 1.29 is 9.90 Å². The molecule has 0 unspecified atom stereocenters. The first kappa shape index (κ1) is 18.9. The molecule has 2 aromatic heterocycles. The summed E-state index contributed by atoms with van der Waals surface area (Å²) in [6.45, 7) is 8.14. The highest BCUT2D eigenvalue weighted by molar-refractivity contribution is 8.00. The van der Waals surface area contributed by atoms with Gasteiger partial charge in [-0.2, -0.15) is 0 Å². The zero-order valence-corrected chi connectivity index (χ0v) is 17.7. The molecular formula is C19H20N2O2S3. The monoisotopic (exact) mass is 404 g/mol. The molecule has 3 rings (SSSR count). The van der Waals surface area contributed by atoms with E-state index in [0.717, 1.165) is 31.8 Å². The number of hydrogen-bond donors (Lipinski definition) is 2. The van der Waals surface area contributed by atoms with E-state index >= 15 is 0 Å².